The van der Waals surface area contributed by atoms with Crippen molar-refractivity contribution in [1.82, 2.24) is 0 Å². The zero-order valence-corrected chi connectivity index (χ0v) is 10.6. The SMILES string of the molecule is O=P(O)(O)O.[K+].[Na+].[O-2]. The monoisotopic (exact) mass is 176 g/mol. The molecule has 0 radical (unpaired) electrons. The van der Waals surface area contributed by atoms with Gasteiger partial charge < -0.3 is 20.2 Å². The molecule has 0 atom stereocenters. The van der Waals surface area contributed by atoms with Crippen LogP contribution in [-0.4, -0.2) is 14.7 Å². The van der Waals surface area contributed by atoms with Crippen molar-refractivity contribution in [3.8, 4) is 0 Å². The smallest absolute Gasteiger partial charge is 1.00 e. The second-order valence-electron chi connectivity index (χ2n) is 0.513. The quantitative estimate of drug-likeness (QED) is 0.252. The van der Waals surface area contributed by atoms with E-state index in [1.54, 1.807) is 0 Å². The molecule has 0 bridgehead atoms. The van der Waals surface area contributed by atoms with Crippen LogP contribution in [0.4, 0.5) is 0 Å². The largest absolute Gasteiger partial charge is 2.00 e. The van der Waals surface area contributed by atoms with Gasteiger partial charge in [0.25, 0.3) is 0 Å². The van der Waals surface area contributed by atoms with E-state index in [9.17, 15) is 0 Å². The Morgan fingerprint density at radius 2 is 1.12 bits per heavy atom. The van der Waals surface area contributed by atoms with Crippen molar-refractivity contribution in [2.24, 2.45) is 0 Å². The molecule has 8 heteroatoms. The summed E-state index contributed by atoms with van der Waals surface area (Å²) in [5.41, 5.74) is 0. The van der Waals surface area contributed by atoms with E-state index in [0.29, 0.717) is 0 Å². The van der Waals surface area contributed by atoms with Crippen LogP contribution in [0, 0.1) is 0 Å². The molecule has 0 aromatic carbocycles. The molecule has 0 aromatic rings. The average molecular weight is 176 g/mol. The molecule has 0 aliphatic rings. The van der Waals surface area contributed by atoms with Crippen molar-refractivity contribution in [1.29, 1.82) is 0 Å². The Bertz CT molecular complexity index is 58.6. The summed E-state index contributed by atoms with van der Waals surface area (Å²) in [7, 11) is -4.64. The molecule has 40 valence electrons. The van der Waals surface area contributed by atoms with Crippen molar-refractivity contribution >= 4 is 7.82 Å². The Hall–Kier alpha value is 2.71. The zero-order valence-electron chi connectivity index (χ0n) is 4.61. The third-order valence-electron chi connectivity index (χ3n) is 0. The van der Waals surface area contributed by atoms with E-state index in [-0.39, 0.29) is 86.4 Å². The number of hydrogen-bond donors (Lipinski definition) is 3. The van der Waals surface area contributed by atoms with Gasteiger partial charge in [-0.3, -0.25) is 0 Å². The minimum atomic E-state index is -4.64. The molecule has 0 amide bonds. The predicted molar refractivity (Wildman–Crippen MR) is 14.9 cm³/mol. The van der Waals surface area contributed by atoms with Gasteiger partial charge in [0.2, 0.25) is 0 Å². The van der Waals surface area contributed by atoms with Crippen LogP contribution in [0.15, 0.2) is 0 Å². The summed E-state index contributed by atoms with van der Waals surface area (Å²) in [5, 5.41) is 0. The Balaban J connectivity index is -0.0000000267. The van der Waals surface area contributed by atoms with Crippen LogP contribution in [0.3, 0.4) is 0 Å². The number of phosphoric acid groups is 1. The molecule has 3 N–H and O–H groups in total. The molecule has 0 aliphatic heterocycles. The topological polar surface area (TPSA) is 106 Å². The molecule has 5 nitrogen and oxygen atoms in total. The summed E-state index contributed by atoms with van der Waals surface area (Å²) >= 11 is 0. The Morgan fingerprint density at radius 3 is 1.12 bits per heavy atom. The Morgan fingerprint density at radius 1 is 1.12 bits per heavy atom. The van der Waals surface area contributed by atoms with Gasteiger partial charge in [-0.05, 0) is 0 Å². The third-order valence-corrected chi connectivity index (χ3v) is 0. The van der Waals surface area contributed by atoms with Gasteiger partial charge in [0.15, 0.2) is 0 Å². The Labute approximate surface area is 111 Å². The first kappa shape index (κ1) is 22.4. The van der Waals surface area contributed by atoms with E-state index in [1.807, 2.05) is 0 Å². The number of rotatable bonds is 0. The zero-order chi connectivity index (χ0) is 4.50. The van der Waals surface area contributed by atoms with E-state index < -0.39 is 7.82 Å². The molecular formula is H3KNaO5P. The van der Waals surface area contributed by atoms with E-state index in [0.717, 1.165) is 0 Å². The molecule has 0 heterocycles. The van der Waals surface area contributed by atoms with Crippen molar-refractivity contribution in [3.05, 3.63) is 0 Å². The van der Waals surface area contributed by atoms with Gasteiger partial charge in [-0.25, -0.2) is 4.57 Å². The van der Waals surface area contributed by atoms with E-state index >= 15 is 0 Å². The van der Waals surface area contributed by atoms with Crippen LogP contribution < -0.4 is 80.9 Å². The third kappa shape index (κ3) is 70.6. The minimum Gasteiger partial charge on any atom is -2.00 e. The molecular weight excluding hydrogens is 173 g/mol. The maximum Gasteiger partial charge on any atom is 1.00 e. The molecule has 0 rings (SSSR count). The summed E-state index contributed by atoms with van der Waals surface area (Å²) < 4.78 is 8.88. The summed E-state index contributed by atoms with van der Waals surface area (Å²) in [6.45, 7) is 0. The van der Waals surface area contributed by atoms with Gasteiger partial charge in [0, 0.05) is 0 Å². The minimum absolute atomic E-state index is 0. The summed E-state index contributed by atoms with van der Waals surface area (Å²) in [4.78, 5) is 21.6. The maximum atomic E-state index is 8.88. The molecule has 0 spiro atoms. The summed E-state index contributed by atoms with van der Waals surface area (Å²) in [6, 6.07) is 0. The maximum absolute atomic E-state index is 8.88. The molecule has 8 heavy (non-hydrogen) atoms. The van der Waals surface area contributed by atoms with Crippen LogP contribution in [0.5, 0.6) is 0 Å². The van der Waals surface area contributed by atoms with Crippen LogP contribution in [-0.2, 0) is 10.0 Å². The normalized spacial score (nSPS) is 7.38. The standard InChI is InChI=1S/K.Na.H3O4P.O/c;;1-5(2,3)4;/h;;(H3,1,2,3,4);/q2*+1;;-2. The van der Waals surface area contributed by atoms with Gasteiger partial charge in [0.05, 0.1) is 0 Å². The van der Waals surface area contributed by atoms with Crippen LogP contribution >= 0.6 is 7.82 Å². The first-order valence-corrected chi connectivity index (χ1v) is 2.35. The molecule has 0 saturated heterocycles. The molecule has 0 fully saturated rings. The van der Waals surface area contributed by atoms with Crippen molar-refractivity contribution in [3.63, 3.8) is 0 Å². The first-order valence-electron chi connectivity index (χ1n) is 0.783. The van der Waals surface area contributed by atoms with E-state index in [1.165, 1.54) is 0 Å². The van der Waals surface area contributed by atoms with Gasteiger partial charge >= 0.3 is 88.8 Å². The molecule has 0 aromatic heterocycles. The molecule has 0 aliphatic carbocycles. The van der Waals surface area contributed by atoms with Crippen LogP contribution in [0.1, 0.15) is 0 Å². The molecule has 0 unspecified atom stereocenters. The van der Waals surface area contributed by atoms with Gasteiger partial charge in [-0.2, -0.15) is 0 Å². The fourth-order valence-electron chi connectivity index (χ4n) is 0. The van der Waals surface area contributed by atoms with Crippen LogP contribution in [0.25, 0.3) is 0 Å². The first-order chi connectivity index (χ1) is 2.00. The second kappa shape index (κ2) is 9.71. The summed E-state index contributed by atoms with van der Waals surface area (Å²) in [6.07, 6.45) is 0. The van der Waals surface area contributed by atoms with Crippen molar-refractivity contribution in [2.75, 3.05) is 0 Å². The molecule has 0 saturated carbocycles. The fourth-order valence-corrected chi connectivity index (χ4v) is 0. The average Bonchev–Trinajstić information content (AvgIpc) is 0.722. The number of hydrogen-bond acceptors (Lipinski definition) is 1. The Kier molecular flexibility index (Phi) is 27.2. The van der Waals surface area contributed by atoms with Crippen molar-refractivity contribution in [2.45, 2.75) is 0 Å². The van der Waals surface area contributed by atoms with Crippen LogP contribution in [0.2, 0.25) is 0 Å². The fraction of sp³-hybridized carbons (Fsp3) is 0. The summed E-state index contributed by atoms with van der Waals surface area (Å²) in [5.74, 6) is 0. The van der Waals surface area contributed by atoms with E-state index in [4.69, 9.17) is 19.2 Å². The van der Waals surface area contributed by atoms with Gasteiger partial charge in [-0.1, -0.05) is 0 Å². The van der Waals surface area contributed by atoms with E-state index in [2.05, 4.69) is 0 Å². The predicted octanol–water partition coefficient (Wildman–Crippen LogP) is -7.04. The van der Waals surface area contributed by atoms with Gasteiger partial charge in [0.1, 0.15) is 0 Å². The van der Waals surface area contributed by atoms with Crippen molar-refractivity contribution < 1.29 is 106 Å². The second-order valence-corrected chi connectivity index (χ2v) is 1.54. The van der Waals surface area contributed by atoms with Gasteiger partial charge in [-0.15, -0.1) is 0 Å².